The van der Waals surface area contributed by atoms with Crippen molar-refractivity contribution in [2.75, 3.05) is 6.61 Å². The topological polar surface area (TPSA) is 35.5 Å². The number of hydrogen-bond donors (Lipinski definition) is 0. The van der Waals surface area contributed by atoms with Crippen LogP contribution in [0.2, 0.25) is 32.7 Å². The van der Waals surface area contributed by atoms with Gasteiger partial charge in [-0.3, -0.25) is 4.79 Å². The van der Waals surface area contributed by atoms with E-state index in [4.69, 9.17) is 8.85 Å². The first-order valence-electron chi connectivity index (χ1n) is 3.96. The summed E-state index contributed by atoms with van der Waals surface area (Å²) in [6.45, 7) is 10.0. The second-order valence-corrected chi connectivity index (χ2v) is 10.3. The SMILES string of the molecule is C[Si](C)OCC(=O)O[Si](C)(C)C. The van der Waals surface area contributed by atoms with E-state index in [1.807, 2.05) is 32.7 Å². The highest BCUT2D eigenvalue weighted by atomic mass is 28.4. The fourth-order valence-corrected chi connectivity index (χ4v) is 1.72. The van der Waals surface area contributed by atoms with Crippen LogP contribution in [0.3, 0.4) is 0 Å². The molecule has 0 rings (SSSR count). The van der Waals surface area contributed by atoms with Crippen molar-refractivity contribution in [2.24, 2.45) is 0 Å². The Labute approximate surface area is 76.9 Å². The van der Waals surface area contributed by atoms with E-state index in [0.717, 1.165) is 0 Å². The Morgan fingerprint density at radius 1 is 1.33 bits per heavy atom. The molecule has 0 aromatic heterocycles. The lowest BCUT2D eigenvalue weighted by atomic mass is 10.8. The normalized spacial score (nSPS) is 11.8. The van der Waals surface area contributed by atoms with Gasteiger partial charge in [0.05, 0.1) is 0 Å². The van der Waals surface area contributed by atoms with Gasteiger partial charge in [-0.2, -0.15) is 0 Å². The van der Waals surface area contributed by atoms with Crippen molar-refractivity contribution >= 4 is 23.3 Å². The molecule has 0 fully saturated rings. The molecule has 71 valence electrons. The Hall–Kier alpha value is -0.136. The second kappa shape index (κ2) is 4.78. The fourth-order valence-electron chi connectivity index (χ4n) is 0.574. The van der Waals surface area contributed by atoms with Gasteiger partial charge < -0.3 is 8.85 Å². The van der Waals surface area contributed by atoms with E-state index < -0.39 is 17.4 Å². The zero-order valence-corrected chi connectivity index (χ0v) is 10.4. The summed E-state index contributed by atoms with van der Waals surface area (Å²) >= 11 is 0. The highest BCUT2D eigenvalue weighted by Gasteiger charge is 2.19. The van der Waals surface area contributed by atoms with Gasteiger partial charge in [-0.15, -0.1) is 0 Å². The van der Waals surface area contributed by atoms with Gasteiger partial charge in [0.25, 0.3) is 0 Å². The van der Waals surface area contributed by atoms with Gasteiger partial charge in [-0.05, 0) is 32.7 Å². The summed E-state index contributed by atoms with van der Waals surface area (Å²) in [4.78, 5) is 11.1. The molecule has 0 unspecified atom stereocenters. The maximum absolute atomic E-state index is 11.1. The fraction of sp³-hybridized carbons (Fsp3) is 0.857. The number of carbonyl (C=O) groups is 1. The third kappa shape index (κ3) is 7.97. The Morgan fingerprint density at radius 3 is 2.17 bits per heavy atom. The summed E-state index contributed by atoms with van der Waals surface area (Å²) in [7, 11) is -2.48. The second-order valence-electron chi connectivity index (χ2n) is 3.78. The highest BCUT2D eigenvalue weighted by molar-refractivity contribution is 6.71. The molecule has 1 radical (unpaired) electrons. The van der Waals surface area contributed by atoms with E-state index in [9.17, 15) is 4.79 Å². The number of carbonyl (C=O) groups excluding carboxylic acids is 1. The molecule has 12 heavy (non-hydrogen) atoms. The van der Waals surface area contributed by atoms with Crippen LogP contribution >= 0.6 is 0 Å². The summed E-state index contributed by atoms with van der Waals surface area (Å²) in [6, 6.07) is 0. The smallest absolute Gasteiger partial charge is 0.317 e. The van der Waals surface area contributed by atoms with Gasteiger partial charge in [0.1, 0.15) is 6.61 Å². The van der Waals surface area contributed by atoms with Crippen LogP contribution in [0.25, 0.3) is 0 Å². The van der Waals surface area contributed by atoms with Gasteiger partial charge in [-0.25, -0.2) is 0 Å². The lowest BCUT2D eigenvalue weighted by Crippen LogP contribution is -2.32. The predicted octanol–water partition coefficient (Wildman–Crippen LogP) is 1.63. The van der Waals surface area contributed by atoms with Crippen LogP contribution < -0.4 is 0 Å². The Balaban J connectivity index is 3.61. The van der Waals surface area contributed by atoms with Crippen molar-refractivity contribution in [3.8, 4) is 0 Å². The first-order chi connectivity index (χ1) is 5.31. The zero-order chi connectivity index (χ0) is 9.78. The minimum atomic E-state index is -1.71. The van der Waals surface area contributed by atoms with Gasteiger partial charge in [0, 0.05) is 0 Å². The molecule has 0 heterocycles. The van der Waals surface area contributed by atoms with Crippen LogP contribution in [0.5, 0.6) is 0 Å². The van der Waals surface area contributed by atoms with E-state index in [2.05, 4.69) is 0 Å². The molecule has 0 aliphatic heterocycles. The molecule has 0 atom stereocenters. The summed E-state index contributed by atoms with van der Waals surface area (Å²) in [5, 5.41) is 0. The molecule has 0 bridgehead atoms. The number of rotatable bonds is 4. The van der Waals surface area contributed by atoms with E-state index >= 15 is 0 Å². The highest BCUT2D eigenvalue weighted by Crippen LogP contribution is 2.02. The van der Waals surface area contributed by atoms with E-state index in [1.54, 1.807) is 0 Å². The van der Waals surface area contributed by atoms with Crippen LogP contribution in [-0.4, -0.2) is 29.9 Å². The van der Waals surface area contributed by atoms with E-state index in [1.165, 1.54) is 0 Å². The van der Waals surface area contributed by atoms with Crippen LogP contribution in [0, 0.1) is 0 Å². The third-order valence-corrected chi connectivity index (χ3v) is 2.46. The van der Waals surface area contributed by atoms with E-state index in [-0.39, 0.29) is 12.6 Å². The molecule has 0 aromatic rings. The predicted molar refractivity (Wildman–Crippen MR) is 52.9 cm³/mol. The minimum Gasteiger partial charge on any atom is -0.518 e. The molecule has 0 N–H and O–H groups in total. The lowest BCUT2D eigenvalue weighted by molar-refractivity contribution is -0.137. The molecule has 0 aliphatic rings. The quantitative estimate of drug-likeness (QED) is 0.654. The Bertz CT molecular complexity index is 151. The van der Waals surface area contributed by atoms with E-state index in [0.29, 0.717) is 0 Å². The van der Waals surface area contributed by atoms with Crippen molar-refractivity contribution in [3.63, 3.8) is 0 Å². The molecule has 0 aromatic carbocycles. The molecule has 0 saturated carbocycles. The van der Waals surface area contributed by atoms with Crippen molar-refractivity contribution in [3.05, 3.63) is 0 Å². The van der Waals surface area contributed by atoms with Crippen molar-refractivity contribution in [2.45, 2.75) is 32.7 Å². The molecular weight excluding hydrogens is 188 g/mol. The van der Waals surface area contributed by atoms with Crippen LogP contribution in [0.15, 0.2) is 0 Å². The van der Waals surface area contributed by atoms with Gasteiger partial charge >= 0.3 is 5.97 Å². The van der Waals surface area contributed by atoms with Crippen molar-refractivity contribution < 1.29 is 13.6 Å². The minimum absolute atomic E-state index is 0.117. The number of hydrogen-bond acceptors (Lipinski definition) is 3. The largest absolute Gasteiger partial charge is 0.518 e. The molecule has 3 nitrogen and oxygen atoms in total. The lowest BCUT2D eigenvalue weighted by Gasteiger charge is -2.17. The molecule has 0 spiro atoms. The summed E-state index contributed by atoms with van der Waals surface area (Å²) in [5.41, 5.74) is 0. The summed E-state index contributed by atoms with van der Waals surface area (Å²) in [5.74, 6) is -0.222. The van der Waals surface area contributed by atoms with Gasteiger partial charge in [-0.1, -0.05) is 0 Å². The average Bonchev–Trinajstić information content (AvgIpc) is 1.79. The molecule has 0 aliphatic carbocycles. The summed E-state index contributed by atoms with van der Waals surface area (Å²) < 4.78 is 10.4. The molecule has 0 amide bonds. The molecule has 0 saturated heterocycles. The first-order valence-corrected chi connectivity index (χ1v) is 9.78. The van der Waals surface area contributed by atoms with Crippen LogP contribution in [0.1, 0.15) is 0 Å². The van der Waals surface area contributed by atoms with Crippen LogP contribution in [-0.2, 0) is 13.6 Å². The summed E-state index contributed by atoms with van der Waals surface area (Å²) in [6.07, 6.45) is 0. The van der Waals surface area contributed by atoms with Gasteiger partial charge in [0.15, 0.2) is 0 Å². The van der Waals surface area contributed by atoms with Crippen molar-refractivity contribution in [1.29, 1.82) is 0 Å². The monoisotopic (exact) mass is 205 g/mol. The average molecular weight is 205 g/mol. The first kappa shape index (κ1) is 11.9. The Morgan fingerprint density at radius 2 is 1.83 bits per heavy atom. The van der Waals surface area contributed by atoms with Gasteiger partial charge in [0.2, 0.25) is 17.4 Å². The maximum atomic E-state index is 11.1. The molecular formula is C7H17O3Si2. The zero-order valence-electron chi connectivity index (χ0n) is 8.43. The third-order valence-electron chi connectivity index (χ3n) is 0.899. The molecule has 5 heteroatoms. The van der Waals surface area contributed by atoms with Crippen LogP contribution in [0.4, 0.5) is 0 Å². The Kier molecular flexibility index (Phi) is 4.73. The standard InChI is InChI=1S/C7H17O3Si2/c1-11(2)9-6-7(8)10-12(3,4)5/h6H2,1-5H3. The maximum Gasteiger partial charge on any atom is 0.317 e. The van der Waals surface area contributed by atoms with Crippen molar-refractivity contribution in [1.82, 2.24) is 0 Å².